The molecule has 1 aliphatic rings. The molecule has 1 N–H and O–H groups in total. The summed E-state index contributed by atoms with van der Waals surface area (Å²) in [5.41, 5.74) is 0. The summed E-state index contributed by atoms with van der Waals surface area (Å²) in [6, 6.07) is 4.78. The molecule has 0 fully saturated rings. The lowest BCUT2D eigenvalue weighted by atomic mass is 10.1. The minimum absolute atomic E-state index is 0.464. The van der Waals surface area contributed by atoms with Gasteiger partial charge in [-0.05, 0) is 24.3 Å². The van der Waals surface area contributed by atoms with Crippen LogP contribution in [0, 0.1) is 5.92 Å². The van der Waals surface area contributed by atoms with Crippen molar-refractivity contribution in [2.45, 2.75) is 38.5 Å². The van der Waals surface area contributed by atoms with Crippen LogP contribution in [0.2, 0.25) is 0 Å². The quantitative estimate of drug-likeness (QED) is 0.905. The molecule has 1 aromatic heterocycles. The van der Waals surface area contributed by atoms with Gasteiger partial charge >= 0.3 is 0 Å². The SMILES string of the molecule is CC(Cc1cccs1)NC1=NCC(C(C)C)S1. The summed E-state index contributed by atoms with van der Waals surface area (Å²) in [5, 5.41) is 7.45. The van der Waals surface area contributed by atoms with Crippen molar-refractivity contribution in [3.8, 4) is 0 Å². The van der Waals surface area contributed by atoms with Crippen molar-refractivity contribution in [2.75, 3.05) is 6.54 Å². The van der Waals surface area contributed by atoms with Crippen LogP contribution in [-0.2, 0) is 6.42 Å². The molecule has 0 aromatic carbocycles. The third kappa shape index (κ3) is 3.75. The van der Waals surface area contributed by atoms with Gasteiger partial charge in [0.15, 0.2) is 5.17 Å². The highest BCUT2D eigenvalue weighted by Gasteiger charge is 2.23. The van der Waals surface area contributed by atoms with E-state index in [1.807, 2.05) is 23.1 Å². The molecule has 94 valence electrons. The number of nitrogens with one attached hydrogen (secondary N) is 1. The molecule has 1 aliphatic heterocycles. The molecule has 2 atom stereocenters. The summed E-state index contributed by atoms with van der Waals surface area (Å²) in [6.45, 7) is 7.73. The van der Waals surface area contributed by atoms with E-state index in [-0.39, 0.29) is 0 Å². The minimum Gasteiger partial charge on any atom is -0.362 e. The summed E-state index contributed by atoms with van der Waals surface area (Å²) >= 11 is 3.73. The fourth-order valence-electron chi connectivity index (χ4n) is 1.81. The fraction of sp³-hybridized carbons (Fsp3) is 0.615. The first-order chi connectivity index (χ1) is 8.15. The van der Waals surface area contributed by atoms with Crippen molar-refractivity contribution in [3.63, 3.8) is 0 Å². The first-order valence-corrected chi connectivity index (χ1v) is 7.91. The Morgan fingerprint density at radius 1 is 1.47 bits per heavy atom. The van der Waals surface area contributed by atoms with E-state index in [1.165, 1.54) is 4.88 Å². The van der Waals surface area contributed by atoms with Gasteiger partial charge < -0.3 is 5.32 Å². The van der Waals surface area contributed by atoms with Gasteiger partial charge in [-0.1, -0.05) is 31.7 Å². The molecule has 0 bridgehead atoms. The summed E-state index contributed by atoms with van der Waals surface area (Å²) in [5.74, 6) is 0.704. The highest BCUT2D eigenvalue weighted by molar-refractivity contribution is 8.14. The van der Waals surface area contributed by atoms with Gasteiger partial charge in [-0.15, -0.1) is 11.3 Å². The number of nitrogens with zero attached hydrogens (tertiary/aromatic N) is 1. The fourth-order valence-corrected chi connectivity index (χ4v) is 3.77. The van der Waals surface area contributed by atoms with E-state index in [0.717, 1.165) is 18.1 Å². The second-order valence-electron chi connectivity index (χ2n) is 4.88. The molecule has 0 spiro atoms. The molecule has 1 aromatic rings. The van der Waals surface area contributed by atoms with Gasteiger partial charge in [0, 0.05) is 22.6 Å². The Labute approximate surface area is 112 Å². The maximum atomic E-state index is 4.58. The predicted octanol–water partition coefficient (Wildman–Crippen LogP) is 3.40. The minimum atomic E-state index is 0.464. The van der Waals surface area contributed by atoms with E-state index in [9.17, 15) is 0 Å². The van der Waals surface area contributed by atoms with E-state index in [2.05, 4.69) is 48.6 Å². The number of rotatable bonds is 4. The van der Waals surface area contributed by atoms with Gasteiger partial charge in [-0.2, -0.15) is 0 Å². The number of hydrogen-bond acceptors (Lipinski definition) is 4. The summed E-state index contributed by atoms with van der Waals surface area (Å²) in [6.07, 6.45) is 1.09. The Morgan fingerprint density at radius 2 is 2.29 bits per heavy atom. The van der Waals surface area contributed by atoms with E-state index >= 15 is 0 Å². The molecule has 2 rings (SSSR count). The Morgan fingerprint density at radius 3 is 2.88 bits per heavy atom. The zero-order valence-corrected chi connectivity index (χ0v) is 12.3. The van der Waals surface area contributed by atoms with E-state index in [0.29, 0.717) is 17.2 Å². The Balaban J connectivity index is 1.78. The van der Waals surface area contributed by atoms with Crippen molar-refractivity contribution < 1.29 is 0 Å². The Bertz CT molecular complexity index is 371. The number of hydrogen-bond donors (Lipinski definition) is 1. The third-order valence-corrected chi connectivity index (χ3v) is 5.24. The van der Waals surface area contributed by atoms with Crippen molar-refractivity contribution >= 4 is 28.3 Å². The maximum absolute atomic E-state index is 4.58. The van der Waals surface area contributed by atoms with Crippen LogP contribution in [0.1, 0.15) is 25.6 Å². The lowest BCUT2D eigenvalue weighted by Gasteiger charge is -2.15. The zero-order valence-electron chi connectivity index (χ0n) is 10.6. The van der Waals surface area contributed by atoms with Crippen LogP contribution < -0.4 is 5.32 Å². The largest absolute Gasteiger partial charge is 0.362 e. The van der Waals surface area contributed by atoms with E-state index in [4.69, 9.17) is 0 Å². The maximum Gasteiger partial charge on any atom is 0.157 e. The first-order valence-electron chi connectivity index (χ1n) is 6.15. The highest BCUT2D eigenvalue weighted by Crippen LogP contribution is 2.26. The first kappa shape index (κ1) is 13.0. The molecule has 2 unspecified atom stereocenters. The summed E-state index contributed by atoms with van der Waals surface area (Å²) in [7, 11) is 0. The second kappa shape index (κ2) is 5.91. The predicted molar refractivity (Wildman–Crippen MR) is 79.1 cm³/mol. The molecule has 0 radical (unpaired) electrons. The second-order valence-corrected chi connectivity index (χ2v) is 7.14. The van der Waals surface area contributed by atoms with E-state index < -0.39 is 0 Å². The third-order valence-electron chi connectivity index (χ3n) is 2.88. The number of aliphatic imine (C=N–C) groups is 1. The van der Waals surface area contributed by atoms with Crippen molar-refractivity contribution in [1.82, 2.24) is 5.32 Å². The summed E-state index contributed by atoms with van der Waals surface area (Å²) < 4.78 is 0. The standard InChI is InChI=1S/C13H20N2S2/c1-9(2)12-8-14-13(17-12)15-10(3)7-11-5-4-6-16-11/h4-6,9-10,12H,7-8H2,1-3H3,(H,14,15). The lowest BCUT2D eigenvalue weighted by molar-refractivity contribution is 0.620. The average molecular weight is 268 g/mol. The molecule has 2 nitrogen and oxygen atoms in total. The zero-order chi connectivity index (χ0) is 12.3. The van der Waals surface area contributed by atoms with Gasteiger partial charge in [0.05, 0.1) is 6.54 Å². The molecule has 0 amide bonds. The molecular weight excluding hydrogens is 248 g/mol. The molecule has 2 heterocycles. The van der Waals surface area contributed by atoms with Crippen LogP contribution in [0.3, 0.4) is 0 Å². The smallest absolute Gasteiger partial charge is 0.157 e. The van der Waals surface area contributed by atoms with Crippen LogP contribution in [0.4, 0.5) is 0 Å². The molecule has 0 saturated heterocycles. The van der Waals surface area contributed by atoms with Gasteiger partial charge in [0.2, 0.25) is 0 Å². The normalized spacial score (nSPS) is 21.6. The van der Waals surface area contributed by atoms with Crippen LogP contribution in [0.15, 0.2) is 22.5 Å². The monoisotopic (exact) mass is 268 g/mol. The van der Waals surface area contributed by atoms with Crippen molar-refractivity contribution in [3.05, 3.63) is 22.4 Å². The molecular formula is C13H20N2S2. The molecule has 17 heavy (non-hydrogen) atoms. The molecule has 0 aliphatic carbocycles. The van der Waals surface area contributed by atoms with Crippen LogP contribution in [0.25, 0.3) is 0 Å². The average Bonchev–Trinajstić information content (AvgIpc) is 2.88. The number of thioether (sulfide) groups is 1. The Hall–Kier alpha value is -0.480. The van der Waals surface area contributed by atoms with Crippen LogP contribution in [0.5, 0.6) is 0 Å². The van der Waals surface area contributed by atoms with Crippen molar-refractivity contribution in [2.24, 2.45) is 10.9 Å². The number of thiophene rings is 1. The van der Waals surface area contributed by atoms with Crippen LogP contribution >= 0.6 is 23.1 Å². The van der Waals surface area contributed by atoms with Gasteiger partial charge in [-0.25, -0.2) is 0 Å². The molecule has 0 saturated carbocycles. The van der Waals surface area contributed by atoms with Gasteiger partial charge in [0.25, 0.3) is 0 Å². The molecule has 4 heteroatoms. The van der Waals surface area contributed by atoms with Crippen LogP contribution in [-0.4, -0.2) is 23.0 Å². The summed E-state index contributed by atoms with van der Waals surface area (Å²) in [4.78, 5) is 6.02. The van der Waals surface area contributed by atoms with Gasteiger partial charge in [-0.3, -0.25) is 4.99 Å². The topological polar surface area (TPSA) is 24.4 Å². The van der Waals surface area contributed by atoms with Gasteiger partial charge in [0.1, 0.15) is 0 Å². The Kier molecular flexibility index (Phi) is 4.51. The number of amidine groups is 1. The highest BCUT2D eigenvalue weighted by atomic mass is 32.2. The van der Waals surface area contributed by atoms with Crippen molar-refractivity contribution in [1.29, 1.82) is 0 Å². The lowest BCUT2D eigenvalue weighted by Crippen LogP contribution is -2.31. The van der Waals surface area contributed by atoms with E-state index in [1.54, 1.807) is 0 Å².